The molecule has 4 aromatic rings. The summed E-state index contributed by atoms with van der Waals surface area (Å²) in [5.74, 6) is 0. The number of fused-ring (bicyclic) bond motifs is 2. The number of halogens is 2. The molecular weight excluding hydrogens is 787 g/mol. The van der Waals surface area contributed by atoms with E-state index in [0.29, 0.717) is 0 Å². The molecular formula is C42H54F2P2Zr2-2. The second-order valence-electron chi connectivity index (χ2n) is 13.7. The molecule has 256 valence electrons. The first-order chi connectivity index (χ1) is 20.4. The first-order valence-electron chi connectivity index (χ1n) is 15.7. The summed E-state index contributed by atoms with van der Waals surface area (Å²) < 4.78 is 0. The minimum Gasteiger partial charge on any atom is -1.00 e. The van der Waals surface area contributed by atoms with E-state index in [0.717, 1.165) is 0 Å². The molecule has 0 unspecified atom stereocenters. The summed E-state index contributed by atoms with van der Waals surface area (Å²) in [5.41, 5.74) is 8.79. The topological polar surface area (TPSA) is 0 Å². The van der Waals surface area contributed by atoms with E-state index in [9.17, 15) is 0 Å². The Labute approximate surface area is 332 Å². The van der Waals surface area contributed by atoms with Crippen LogP contribution in [0.4, 0.5) is 0 Å². The van der Waals surface area contributed by atoms with E-state index in [1.165, 1.54) is 65.6 Å². The van der Waals surface area contributed by atoms with Gasteiger partial charge in [0.25, 0.3) is 0 Å². The molecule has 0 saturated carbocycles. The SMILES string of the molecule is CC1=[C-]C(C)(C)C(C)=C1C.CC1=[C-]C(C)(C)C(C)=C1C.CP(C)c1cc2ccccc2[cH-]1.CP(C)c1cc2ccccc2[cH-]1.[F-].[F-].[Zr+2].[Zr+2]. The summed E-state index contributed by atoms with van der Waals surface area (Å²) in [5, 5.41) is 8.53. The van der Waals surface area contributed by atoms with E-state index < -0.39 is 0 Å². The molecule has 4 aromatic carbocycles. The maximum absolute atomic E-state index is 3.44. The van der Waals surface area contributed by atoms with Crippen molar-refractivity contribution in [1.29, 1.82) is 0 Å². The summed E-state index contributed by atoms with van der Waals surface area (Å²) in [6.45, 7) is 31.0. The van der Waals surface area contributed by atoms with Crippen LogP contribution < -0.4 is 20.0 Å². The summed E-state index contributed by atoms with van der Waals surface area (Å²) in [6, 6.07) is 26.3. The van der Waals surface area contributed by atoms with Crippen LogP contribution in [0, 0.1) is 23.0 Å². The van der Waals surface area contributed by atoms with Gasteiger partial charge in [0, 0.05) is 0 Å². The molecule has 0 spiro atoms. The largest absolute Gasteiger partial charge is 2.00 e. The zero-order valence-electron chi connectivity index (χ0n) is 31.6. The van der Waals surface area contributed by atoms with Gasteiger partial charge in [-0.25, -0.2) is 11.1 Å². The Morgan fingerprint density at radius 3 is 1.00 bits per heavy atom. The molecule has 6 rings (SSSR count). The molecule has 0 nitrogen and oxygen atoms in total. The van der Waals surface area contributed by atoms with Crippen LogP contribution in [0.2, 0.25) is 0 Å². The van der Waals surface area contributed by atoms with Gasteiger partial charge < -0.3 is 9.41 Å². The summed E-state index contributed by atoms with van der Waals surface area (Å²) in [4.78, 5) is 0. The second kappa shape index (κ2) is 20.8. The average molecular weight is 841 g/mol. The minimum atomic E-state index is 0. The van der Waals surface area contributed by atoms with Crippen molar-refractivity contribution < 1.29 is 61.8 Å². The number of allylic oxidation sites excluding steroid dienone is 8. The fourth-order valence-electron chi connectivity index (χ4n) is 5.60. The normalized spacial score (nSPS) is 15.4. The van der Waals surface area contributed by atoms with E-state index in [4.69, 9.17) is 0 Å². The molecule has 0 amide bonds. The molecule has 0 radical (unpaired) electrons. The fraction of sp³-hybridized carbons (Fsp3) is 0.381. The van der Waals surface area contributed by atoms with Crippen molar-refractivity contribution in [3.05, 3.63) is 118 Å². The molecule has 2 aliphatic rings. The maximum atomic E-state index is 3.44. The molecule has 0 aliphatic heterocycles. The van der Waals surface area contributed by atoms with Crippen molar-refractivity contribution in [2.24, 2.45) is 10.8 Å². The van der Waals surface area contributed by atoms with Crippen LogP contribution in [-0.4, -0.2) is 26.7 Å². The minimum absolute atomic E-state index is 0. The van der Waals surface area contributed by atoms with Crippen molar-refractivity contribution in [1.82, 2.24) is 0 Å². The third-order valence-electron chi connectivity index (χ3n) is 9.36. The quantitative estimate of drug-likeness (QED) is 0.170. The van der Waals surface area contributed by atoms with Crippen LogP contribution in [0.3, 0.4) is 0 Å². The predicted octanol–water partition coefficient (Wildman–Crippen LogP) is 6.08. The first-order valence-corrected chi connectivity index (χ1v) is 20.2. The van der Waals surface area contributed by atoms with E-state index in [-0.39, 0.29) is 88.5 Å². The number of hydrogen-bond donors (Lipinski definition) is 0. The van der Waals surface area contributed by atoms with Gasteiger partial charge in [0.2, 0.25) is 0 Å². The van der Waals surface area contributed by atoms with Gasteiger partial charge in [-0.3, -0.25) is 12.2 Å². The van der Waals surface area contributed by atoms with Gasteiger partial charge in [0.1, 0.15) is 0 Å². The Kier molecular flexibility index (Phi) is 21.4. The third kappa shape index (κ3) is 12.7. The maximum Gasteiger partial charge on any atom is 2.00 e. The zero-order valence-corrected chi connectivity index (χ0v) is 38.3. The van der Waals surface area contributed by atoms with Crippen molar-refractivity contribution in [3.63, 3.8) is 0 Å². The van der Waals surface area contributed by atoms with Gasteiger partial charge in [-0.05, 0) is 26.7 Å². The Morgan fingerprint density at radius 1 is 0.521 bits per heavy atom. The van der Waals surface area contributed by atoms with E-state index in [2.05, 4.69) is 181 Å². The Hall–Kier alpha value is -0.894. The first kappa shape index (κ1) is 49.2. The molecule has 0 saturated heterocycles. The zero-order chi connectivity index (χ0) is 33.0. The number of hydrogen-bond acceptors (Lipinski definition) is 0. The molecule has 2 aliphatic carbocycles. The standard InChI is InChI=1S/2C11H12P.2C10H15.2FH.2Zr/c2*1-12(2)11-7-9-5-3-4-6-10(9)8-11;2*1-7-6-10(4,5)9(3)8(7)2;;;;/h2*3-8H,1-2H3;2*1-5H3;2*1H;;/q4*-1;;;2*+2/p-2. The molecule has 0 aromatic heterocycles. The molecule has 0 N–H and O–H groups in total. The Morgan fingerprint density at radius 2 is 0.812 bits per heavy atom. The van der Waals surface area contributed by atoms with E-state index in [1.54, 1.807) is 0 Å². The number of rotatable bonds is 2. The van der Waals surface area contributed by atoms with Gasteiger partial charge in [-0.1, -0.05) is 78.4 Å². The second-order valence-corrected chi connectivity index (χ2v) is 18.3. The predicted molar refractivity (Wildman–Crippen MR) is 205 cm³/mol. The average Bonchev–Trinajstić information content (AvgIpc) is 3.68. The van der Waals surface area contributed by atoms with Gasteiger partial charge in [-0.2, -0.15) is 34.4 Å². The Balaban J connectivity index is 0. The monoisotopic (exact) mass is 838 g/mol. The van der Waals surface area contributed by atoms with E-state index in [1.807, 2.05) is 0 Å². The molecule has 0 bridgehead atoms. The van der Waals surface area contributed by atoms with Crippen LogP contribution >= 0.6 is 15.8 Å². The van der Waals surface area contributed by atoms with Crippen LogP contribution in [0.15, 0.2) is 106 Å². The molecule has 0 heterocycles. The van der Waals surface area contributed by atoms with Crippen molar-refractivity contribution in [3.8, 4) is 0 Å². The summed E-state index contributed by atoms with van der Waals surface area (Å²) in [7, 11) is 0.115. The van der Waals surface area contributed by atoms with Crippen LogP contribution in [0.25, 0.3) is 21.5 Å². The van der Waals surface area contributed by atoms with Gasteiger partial charge in [0.15, 0.2) is 0 Å². The molecule has 0 fully saturated rings. The fourth-order valence-corrected chi connectivity index (χ4v) is 7.19. The smallest absolute Gasteiger partial charge is 1.00 e. The van der Waals surface area contributed by atoms with Crippen LogP contribution in [0.1, 0.15) is 69.2 Å². The summed E-state index contributed by atoms with van der Waals surface area (Å²) in [6.07, 6.45) is 6.87. The number of benzene rings is 2. The van der Waals surface area contributed by atoms with Crippen molar-refractivity contribution in [2.75, 3.05) is 26.7 Å². The van der Waals surface area contributed by atoms with Gasteiger partial charge in [-0.15, -0.1) is 110 Å². The molecule has 48 heavy (non-hydrogen) atoms. The van der Waals surface area contributed by atoms with Crippen LogP contribution in [0.5, 0.6) is 0 Å². The van der Waals surface area contributed by atoms with Gasteiger partial charge in [0.05, 0.1) is 0 Å². The van der Waals surface area contributed by atoms with Crippen molar-refractivity contribution >= 4 is 48.0 Å². The summed E-state index contributed by atoms with van der Waals surface area (Å²) >= 11 is 0. The van der Waals surface area contributed by atoms with E-state index >= 15 is 0 Å². The molecule has 0 atom stereocenters. The Bertz CT molecular complexity index is 1530. The third-order valence-corrected chi connectivity index (χ3v) is 11.9. The van der Waals surface area contributed by atoms with Crippen LogP contribution in [-0.2, 0) is 52.4 Å². The molecule has 6 heteroatoms. The van der Waals surface area contributed by atoms with Crippen molar-refractivity contribution in [2.45, 2.75) is 69.2 Å². The van der Waals surface area contributed by atoms with Gasteiger partial charge >= 0.3 is 52.4 Å².